The summed E-state index contributed by atoms with van der Waals surface area (Å²) < 4.78 is 12.1. The molecule has 1 aliphatic heterocycles. The van der Waals surface area contributed by atoms with E-state index in [0.717, 1.165) is 16.7 Å². The predicted octanol–water partition coefficient (Wildman–Crippen LogP) is 5.24. The highest BCUT2D eigenvalue weighted by atomic mass is 16.6. The van der Waals surface area contributed by atoms with Gasteiger partial charge in [-0.2, -0.15) is 0 Å². The third-order valence-electron chi connectivity index (χ3n) is 6.58. The molecule has 5 nitrogen and oxygen atoms in total. The van der Waals surface area contributed by atoms with E-state index in [9.17, 15) is 9.59 Å². The lowest BCUT2D eigenvalue weighted by Gasteiger charge is -2.49. The van der Waals surface area contributed by atoms with Crippen molar-refractivity contribution in [1.82, 2.24) is 4.90 Å². The van der Waals surface area contributed by atoms with Gasteiger partial charge in [0, 0.05) is 6.42 Å². The van der Waals surface area contributed by atoms with E-state index in [2.05, 4.69) is 0 Å². The first-order valence-corrected chi connectivity index (χ1v) is 10.9. The molecule has 1 aliphatic carbocycles. The van der Waals surface area contributed by atoms with Crippen LogP contribution in [0.1, 0.15) is 42.2 Å². The maximum absolute atomic E-state index is 13.2. The van der Waals surface area contributed by atoms with Gasteiger partial charge in [0.15, 0.2) is 11.9 Å². The van der Waals surface area contributed by atoms with Gasteiger partial charge >= 0.3 is 6.09 Å². The molecule has 1 heterocycles. The number of Topliss-reactive ketones (excluding diaryl/α,β-unsaturated/α-hetero) is 1. The minimum atomic E-state index is -1.08. The van der Waals surface area contributed by atoms with Crippen molar-refractivity contribution in [3.05, 3.63) is 108 Å². The molecule has 0 radical (unpaired) electrons. The first-order chi connectivity index (χ1) is 15.6. The van der Waals surface area contributed by atoms with Crippen LogP contribution in [0.5, 0.6) is 0 Å². The summed E-state index contributed by atoms with van der Waals surface area (Å²) in [4.78, 5) is 27.6. The molecule has 2 aliphatic rings. The SMILES string of the molecule is C[C@@]1(OCc2ccccc2)C(=O)C[C@H]1N1C(=O)O[C@@H](c2ccccc2)[C@H]1c1ccccc1. The Hall–Kier alpha value is -3.44. The average Bonchev–Trinajstić information content (AvgIpc) is 3.19. The molecular formula is C27H25NO4. The highest BCUT2D eigenvalue weighted by Crippen LogP contribution is 2.49. The standard InChI is InChI=1S/C27H25NO4/c1-27(31-18-19-11-5-2-6-12-19)22(17-23(27)29)28-24(20-13-7-3-8-14-20)25(32-26(28)30)21-15-9-4-10-16-21/h2-16,22,24-25H,17-18H2,1H3/t22-,24-,25+,27+/m1/s1. The lowest BCUT2D eigenvalue weighted by atomic mass is 9.72. The Morgan fingerprint density at radius 2 is 1.44 bits per heavy atom. The Bertz CT molecular complexity index is 1100. The van der Waals surface area contributed by atoms with E-state index in [1.807, 2.05) is 91.0 Å². The summed E-state index contributed by atoms with van der Waals surface area (Å²) in [5.41, 5.74) is 1.80. The Kier molecular flexibility index (Phi) is 5.27. The van der Waals surface area contributed by atoms with Gasteiger partial charge in [-0.25, -0.2) is 4.79 Å². The molecule has 5 rings (SSSR count). The number of carbonyl (C=O) groups excluding carboxylic acids is 2. The Balaban J connectivity index is 1.47. The van der Waals surface area contributed by atoms with Crippen molar-refractivity contribution in [3.8, 4) is 0 Å². The van der Waals surface area contributed by atoms with Crippen molar-refractivity contribution in [2.75, 3.05) is 0 Å². The van der Waals surface area contributed by atoms with Crippen LogP contribution < -0.4 is 0 Å². The Morgan fingerprint density at radius 3 is 2.03 bits per heavy atom. The van der Waals surface area contributed by atoms with Crippen molar-refractivity contribution in [2.24, 2.45) is 0 Å². The molecule has 32 heavy (non-hydrogen) atoms. The minimum absolute atomic E-state index is 0.00111. The summed E-state index contributed by atoms with van der Waals surface area (Å²) in [5.74, 6) is 0.00111. The molecule has 4 atom stereocenters. The van der Waals surface area contributed by atoms with Crippen LogP contribution in [0.3, 0.4) is 0 Å². The molecule has 0 aromatic heterocycles. The van der Waals surface area contributed by atoms with Gasteiger partial charge in [-0.1, -0.05) is 91.0 Å². The van der Waals surface area contributed by atoms with Crippen molar-refractivity contribution < 1.29 is 19.1 Å². The number of hydrogen-bond donors (Lipinski definition) is 0. The number of ether oxygens (including phenoxy) is 2. The second-order valence-electron chi connectivity index (χ2n) is 8.50. The predicted molar refractivity (Wildman–Crippen MR) is 120 cm³/mol. The fraction of sp³-hybridized carbons (Fsp3) is 0.259. The lowest BCUT2D eigenvalue weighted by Crippen LogP contribution is -2.67. The molecule has 162 valence electrons. The molecule has 0 unspecified atom stereocenters. The van der Waals surface area contributed by atoms with E-state index in [1.54, 1.807) is 11.8 Å². The summed E-state index contributed by atoms with van der Waals surface area (Å²) in [6.07, 6.45) is -0.620. The lowest BCUT2D eigenvalue weighted by molar-refractivity contribution is -0.176. The number of ketones is 1. The molecular weight excluding hydrogens is 402 g/mol. The Morgan fingerprint density at radius 1 is 0.875 bits per heavy atom. The average molecular weight is 428 g/mol. The first-order valence-electron chi connectivity index (χ1n) is 10.9. The second kappa shape index (κ2) is 8.24. The molecule has 0 spiro atoms. The highest BCUT2D eigenvalue weighted by molar-refractivity contribution is 5.96. The maximum Gasteiger partial charge on any atom is 0.411 e. The number of rotatable bonds is 6. The monoisotopic (exact) mass is 427 g/mol. The van der Waals surface area contributed by atoms with Crippen molar-refractivity contribution in [2.45, 2.75) is 43.7 Å². The number of hydrogen-bond acceptors (Lipinski definition) is 4. The molecule has 1 saturated heterocycles. The van der Waals surface area contributed by atoms with E-state index in [1.165, 1.54) is 0 Å². The second-order valence-corrected chi connectivity index (χ2v) is 8.50. The summed E-state index contributed by atoms with van der Waals surface area (Å²) >= 11 is 0. The number of cyclic esters (lactones) is 1. The van der Waals surface area contributed by atoms with Gasteiger partial charge in [-0.15, -0.1) is 0 Å². The number of amides is 1. The minimum Gasteiger partial charge on any atom is -0.439 e. The molecule has 3 aromatic carbocycles. The molecule has 3 aromatic rings. The van der Waals surface area contributed by atoms with Crippen LogP contribution >= 0.6 is 0 Å². The van der Waals surface area contributed by atoms with Crippen molar-refractivity contribution in [1.29, 1.82) is 0 Å². The number of nitrogens with zero attached hydrogens (tertiary/aromatic N) is 1. The topological polar surface area (TPSA) is 55.8 Å². The van der Waals surface area contributed by atoms with E-state index in [0.29, 0.717) is 6.61 Å². The van der Waals surface area contributed by atoms with Crippen LogP contribution in [0.4, 0.5) is 4.79 Å². The van der Waals surface area contributed by atoms with Crippen molar-refractivity contribution in [3.63, 3.8) is 0 Å². The summed E-state index contributed by atoms with van der Waals surface area (Å²) in [6, 6.07) is 28.6. The van der Waals surface area contributed by atoms with Crippen LogP contribution in [0.25, 0.3) is 0 Å². The van der Waals surface area contributed by atoms with Crippen LogP contribution in [-0.4, -0.2) is 28.4 Å². The third kappa shape index (κ3) is 3.49. The van der Waals surface area contributed by atoms with E-state index in [-0.39, 0.29) is 18.2 Å². The van der Waals surface area contributed by atoms with Gasteiger partial charge < -0.3 is 9.47 Å². The largest absolute Gasteiger partial charge is 0.439 e. The molecule has 5 heteroatoms. The van der Waals surface area contributed by atoms with Crippen molar-refractivity contribution >= 4 is 11.9 Å². The van der Waals surface area contributed by atoms with Gasteiger partial charge in [-0.05, 0) is 23.6 Å². The van der Waals surface area contributed by atoms with Gasteiger partial charge in [-0.3, -0.25) is 9.69 Å². The first kappa shape index (κ1) is 20.5. The molecule has 2 fully saturated rings. The van der Waals surface area contributed by atoms with E-state index >= 15 is 0 Å². The Labute approximate surface area is 187 Å². The quantitative estimate of drug-likeness (QED) is 0.540. The number of carbonyl (C=O) groups is 2. The number of benzene rings is 3. The maximum atomic E-state index is 13.2. The van der Waals surface area contributed by atoms with E-state index in [4.69, 9.17) is 9.47 Å². The zero-order valence-corrected chi connectivity index (χ0v) is 17.9. The zero-order valence-electron chi connectivity index (χ0n) is 17.9. The fourth-order valence-electron chi connectivity index (χ4n) is 4.67. The van der Waals surface area contributed by atoms with Crippen LogP contribution in [-0.2, 0) is 20.9 Å². The summed E-state index contributed by atoms with van der Waals surface area (Å²) in [6.45, 7) is 2.10. The van der Waals surface area contributed by atoms with Crippen LogP contribution in [0.15, 0.2) is 91.0 Å². The smallest absolute Gasteiger partial charge is 0.411 e. The summed E-state index contributed by atoms with van der Waals surface area (Å²) in [5, 5.41) is 0. The highest BCUT2D eigenvalue weighted by Gasteiger charge is 2.61. The molecule has 0 N–H and O–H groups in total. The van der Waals surface area contributed by atoms with Gasteiger partial charge in [0.2, 0.25) is 0 Å². The van der Waals surface area contributed by atoms with Crippen LogP contribution in [0, 0.1) is 0 Å². The van der Waals surface area contributed by atoms with Gasteiger partial charge in [0.05, 0.1) is 12.6 Å². The van der Waals surface area contributed by atoms with Gasteiger partial charge in [0.25, 0.3) is 0 Å². The summed E-state index contributed by atoms with van der Waals surface area (Å²) in [7, 11) is 0. The van der Waals surface area contributed by atoms with E-state index < -0.39 is 23.8 Å². The zero-order chi connectivity index (χ0) is 22.1. The molecule has 0 bridgehead atoms. The molecule has 1 saturated carbocycles. The van der Waals surface area contributed by atoms with Crippen LogP contribution in [0.2, 0.25) is 0 Å². The van der Waals surface area contributed by atoms with Gasteiger partial charge in [0.1, 0.15) is 11.6 Å². The fourth-order valence-corrected chi connectivity index (χ4v) is 4.67. The normalized spacial score (nSPS) is 27.2. The molecule has 1 amide bonds. The third-order valence-corrected chi connectivity index (χ3v) is 6.58.